The lowest BCUT2D eigenvalue weighted by Crippen LogP contribution is -2.44. The van der Waals surface area contributed by atoms with Crippen molar-refractivity contribution in [2.24, 2.45) is 7.05 Å². The number of carbonyl (C=O) groups excluding carboxylic acids is 1. The number of nitrogens with one attached hydrogen (secondary N) is 1. The molecule has 3 aliphatic rings. The van der Waals surface area contributed by atoms with Crippen LogP contribution in [0.2, 0.25) is 0 Å². The molecule has 0 atom stereocenters. The van der Waals surface area contributed by atoms with Crippen LogP contribution in [-0.2, 0) is 32.9 Å². The second-order valence-corrected chi connectivity index (χ2v) is 12.4. The topological polar surface area (TPSA) is 91.5 Å². The molecule has 234 valence electrons. The van der Waals surface area contributed by atoms with Gasteiger partial charge in [0.25, 0.3) is 11.5 Å². The largest absolute Gasteiger partial charge is 0.353 e. The predicted molar refractivity (Wildman–Crippen MR) is 174 cm³/mol. The minimum atomic E-state index is -0.432. The molecule has 1 fully saturated rings. The second-order valence-electron chi connectivity index (χ2n) is 12.4. The lowest BCUT2D eigenvalue weighted by molar-refractivity contribution is 0.0964. The van der Waals surface area contributed by atoms with Crippen LogP contribution in [0.25, 0.3) is 11.1 Å². The Morgan fingerprint density at radius 1 is 0.911 bits per heavy atom. The number of hydrogen-bond acceptors (Lipinski definition) is 7. The number of piperazine rings is 1. The first-order valence-corrected chi connectivity index (χ1v) is 15.9. The van der Waals surface area contributed by atoms with E-state index in [0.29, 0.717) is 53.5 Å². The summed E-state index contributed by atoms with van der Waals surface area (Å²) in [5.41, 5.74) is 6.06. The van der Waals surface area contributed by atoms with Gasteiger partial charge < -0.3 is 29.2 Å². The zero-order valence-electron chi connectivity index (χ0n) is 26.1. The van der Waals surface area contributed by atoms with Gasteiger partial charge in [0.1, 0.15) is 17.2 Å². The van der Waals surface area contributed by atoms with Crippen LogP contribution < -0.4 is 20.7 Å². The molecule has 2 aliphatic heterocycles. The Hall–Kier alpha value is -4.51. The van der Waals surface area contributed by atoms with Crippen molar-refractivity contribution < 1.29 is 9.18 Å². The number of pyridine rings is 1. The molecule has 0 saturated carbocycles. The maximum atomic E-state index is 15.4. The van der Waals surface area contributed by atoms with Crippen molar-refractivity contribution in [3.63, 3.8) is 0 Å². The zero-order chi connectivity index (χ0) is 31.2. The molecule has 1 N–H and O–H groups in total. The van der Waals surface area contributed by atoms with Crippen LogP contribution in [0.3, 0.4) is 0 Å². The maximum Gasteiger partial charge on any atom is 0.274 e. The van der Waals surface area contributed by atoms with E-state index < -0.39 is 5.82 Å². The number of hydrogen-bond donors (Lipinski definition) is 1. The fourth-order valence-corrected chi connectivity index (χ4v) is 7.04. The van der Waals surface area contributed by atoms with E-state index in [0.717, 1.165) is 63.2 Å². The van der Waals surface area contributed by atoms with Crippen molar-refractivity contribution in [3.8, 4) is 11.1 Å². The maximum absolute atomic E-state index is 15.4. The fraction of sp³-hybridized carbons (Fsp3) is 0.412. The highest BCUT2D eigenvalue weighted by atomic mass is 19.1. The number of anilines is 4. The van der Waals surface area contributed by atoms with Gasteiger partial charge in [0, 0.05) is 63.8 Å². The number of aryl methyl sites for hydroxylation is 2. The smallest absolute Gasteiger partial charge is 0.274 e. The summed E-state index contributed by atoms with van der Waals surface area (Å²) in [5, 5.41) is 11.9. The van der Waals surface area contributed by atoms with Crippen LogP contribution in [0.15, 0.2) is 47.4 Å². The van der Waals surface area contributed by atoms with Gasteiger partial charge in [-0.15, -0.1) is 10.2 Å². The molecule has 0 radical (unpaired) electrons. The highest BCUT2D eigenvalue weighted by Gasteiger charge is 2.32. The SMILES string of the molecule is CCc1c(-c2cc(Nc3ccc(N4CCN(C)CC4)nn3)c(=O)n(C)c2)cc(F)cc1N1CCn2c(cc3c2CCCC3)C1=O. The highest BCUT2D eigenvalue weighted by Crippen LogP contribution is 2.37. The Morgan fingerprint density at radius 3 is 2.47 bits per heavy atom. The van der Waals surface area contributed by atoms with E-state index in [9.17, 15) is 9.59 Å². The molecule has 3 aromatic heterocycles. The van der Waals surface area contributed by atoms with Crippen LogP contribution in [0.5, 0.6) is 0 Å². The van der Waals surface area contributed by atoms with Crippen molar-refractivity contribution in [2.75, 3.05) is 54.9 Å². The monoisotopic (exact) mass is 610 g/mol. The number of rotatable bonds is 6. The first-order valence-electron chi connectivity index (χ1n) is 15.9. The van der Waals surface area contributed by atoms with E-state index in [1.165, 1.54) is 28.0 Å². The molecule has 10 nitrogen and oxygen atoms in total. The first kappa shape index (κ1) is 29.2. The summed E-state index contributed by atoms with van der Waals surface area (Å²) in [4.78, 5) is 33.3. The van der Waals surface area contributed by atoms with E-state index in [2.05, 4.69) is 36.9 Å². The van der Waals surface area contributed by atoms with Gasteiger partial charge in [-0.2, -0.15) is 0 Å². The number of carbonyl (C=O) groups is 1. The Kier molecular flexibility index (Phi) is 7.64. The molecule has 0 bridgehead atoms. The molecule has 7 rings (SSSR count). The lowest BCUT2D eigenvalue weighted by atomic mass is 9.95. The fourth-order valence-electron chi connectivity index (χ4n) is 7.04. The van der Waals surface area contributed by atoms with Crippen molar-refractivity contribution in [1.82, 2.24) is 24.2 Å². The summed E-state index contributed by atoms with van der Waals surface area (Å²) in [5.74, 6) is 0.722. The van der Waals surface area contributed by atoms with Gasteiger partial charge in [0.15, 0.2) is 11.6 Å². The van der Waals surface area contributed by atoms with Crippen LogP contribution in [0, 0.1) is 5.82 Å². The Morgan fingerprint density at radius 2 is 1.71 bits per heavy atom. The summed E-state index contributed by atoms with van der Waals surface area (Å²) in [6.45, 7) is 6.87. The third-order valence-electron chi connectivity index (χ3n) is 9.49. The molecular formula is C34H39FN8O2. The third kappa shape index (κ3) is 5.39. The van der Waals surface area contributed by atoms with Gasteiger partial charge in [0.05, 0.1) is 5.69 Å². The van der Waals surface area contributed by atoms with Crippen molar-refractivity contribution in [3.05, 3.63) is 81.3 Å². The molecule has 1 saturated heterocycles. The van der Waals surface area contributed by atoms with E-state index in [4.69, 9.17) is 0 Å². The molecule has 1 aliphatic carbocycles. The molecule has 1 amide bonds. The summed E-state index contributed by atoms with van der Waals surface area (Å²) < 4.78 is 19.0. The summed E-state index contributed by atoms with van der Waals surface area (Å²) in [6, 6.07) is 10.5. The first-order chi connectivity index (χ1) is 21.8. The number of benzene rings is 1. The van der Waals surface area contributed by atoms with Crippen LogP contribution in [0.1, 0.15) is 47.1 Å². The van der Waals surface area contributed by atoms with Gasteiger partial charge in [-0.1, -0.05) is 6.92 Å². The summed E-state index contributed by atoms with van der Waals surface area (Å²) in [7, 11) is 3.78. The molecule has 11 heteroatoms. The molecular weight excluding hydrogens is 571 g/mol. The van der Waals surface area contributed by atoms with Crippen LogP contribution in [0.4, 0.5) is 27.4 Å². The van der Waals surface area contributed by atoms with Crippen LogP contribution in [-0.4, -0.2) is 69.9 Å². The number of aromatic nitrogens is 4. The van der Waals surface area contributed by atoms with E-state index in [1.54, 1.807) is 24.2 Å². The van der Waals surface area contributed by atoms with E-state index in [-0.39, 0.29) is 11.5 Å². The molecule has 0 unspecified atom stereocenters. The Labute approximate surface area is 262 Å². The van der Waals surface area contributed by atoms with E-state index >= 15 is 4.39 Å². The van der Waals surface area contributed by atoms with Gasteiger partial charge in [-0.05, 0) is 92.2 Å². The minimum absolute atomic E-state index is 0.0942. The molecule has 4 aromatic rings. The number of amides is 1. The molecule has 1 aromatic carbocycles. The Balaban J connectivity index is 1.20. The zero-order valence-corrected chi connectivity index (χ0v) is 26.1. The van der Waals surface area contributed by atoms with Gasteiger partial charge in [-0.25, -0.2) is 4.39 Å². The highest BCUT2D eigenvalue weighted by molar-refractivity contribution is 6.07. The number of halogens is 1. The predicted octanol–water partition coefficient (Wildman–Crippen LogP) is 4.38. The second kappa shape index (κ2) is 11.8. The van der Waals surface area contributed by atoms with Gasteiger partial charge >= 0.3 is 0 Å². The normalized spacial score (nSPS) is 16.9. The van der Waals surface area contributed by atoms with Crippen molar-refractivity contribution in [1.29, 1.82) is 0 Å². The average molecular weight is 611 g/mol. The van der Waals surface area contributed by atoms with Crippen molar-refractivity contribution >= 4 is 28.9 Å². The third-order valence-corrected chi connectivity index (χ3v) is 9.49. The van der Waals surface area contributed by atoms with Gasteiger partial charge in [0.2, 0.25) is 0 Å². The molecule has 5 heterocycles. The number of likely N-dealkylation sites (N-methyl/N-ethyl adjacent to an activating group) is 1. The average Bonchev–Trinajstić information content (AvgIpc) is 3.43. The number of fused-ring (bicyclic) bond motifs is 3. The molecule has 0 spiro atoms. The molecule has 45 heavy (non-hydrogen) atoms. The van der Waals surface area contributed by atoms with Crippen LogP contribution >= 0.6 is 0 Å². The van der Waals surface area contributed by atoms with E-state index in [1.807, 2.05) is 25.1 Å². The number of nitrogens with zero attached hydrogens (tertiary/aromatic N) is 7. The summed E-state index contributed by atoms with van der Waals surface area (Å²) in [6.07, 6.45) is 6.59. The Bertz CT molecular complexity index is 1820. The lowest BCUT2D eigenvalue weighted by Gasteiger charge is -2.32. The standard InChI is InChI=1S/C34H39FN8O2/c1-4-25-26(19-24(35)20-29(25)43-16-15-42-28-8-6-5-7-22(28)18-30(42)34(43)45)23-17-27(33(44)40(3)21-23)36-31-9-10-32(38-37-31)41-13-11-39(2)12-14-41/h9-10,17-21H,4-8,11-16H2,1-3H3,(H,36,37). The summed E-state index contributed by atoms with van der Waals surface area (Å²) >= 11 is 0. The quantitative estimate of drug-likeness (QED) is 0.347. The minimum Gasteiger partial charge on any atom is -0.353 e. The van der Waals surface area contributed by atoms with Crippen molar-refractivity contribution in [2.45, 2.75) is 45.6 Å². The van der Waals surface area contributed by atoms with Gasteiger partial charge in [-0.3, -0.25) is 9.59 Å².